The molecule has 3 aromatic heterocycles. The number of aromatic nitrogens is 3. The molecule has 4 aromatic rings. The van der Waals surface area contributed by atoms with Crippen molar-refractivity contribution in [3.8, 4) is 11.3 Å². The lowest BCUT2D eigenvalue weighted by Crippen LogP contribution is -2.30. The molecule has 8 heteroatoms. The van der Waals surface area contributed by atoms with E-state index in [2.05, 4.69) is 25.8 Å². The van der Waals surface area contributed by atoms with E-state index in [1.165, 1.54) is 11.3 Å². The maximum atomic E-state index is 12.6. The molecule has 3 heterocycles. The molecule has 2 amide bonds. The molecule has 3 N–H and O–H groups in total. The van der Waals surface area contributed by atoms with Gasteiger partial charge in [-0.05, 0) is 49.7 Å². The highest BCUT2D eigenvalue weighted by Gasteiger charge is 2.13. The first-order valence-corrected chi connectivity index (χ1v) is 10.4. The van der Waals surface area contributed by atoms with Crippen LogP contribution in [0.5, 0.6) is 0 Å². The summed E-state index contributed by atoms with van der Waals surface area (Å²) in [4.78, 5) is 30.8. The van der Waals surface area contributed by atoms with Crippen molar-refractivity contribution >= 4 is 33.4 Å². The molecule has 0 saturated carbocycles. The first kappa shape index (κ1) is 19.8. The summed E-state index contributed by atoms with van der Waals surface area (Å²) in [6, 6.07) is 13.0. The summed E-state index contributed by atoms with van der Waals surface area (Å²) in [7, 11) is 0. The van der Waals surface area contributed by atoms with Crippen LogP contribution in [0, 0.1) is 0 Å². The Balaban J connectivity index is 1.45. The van der Waals surface area contributed by atoms with E-state index in [-0.39, 0.29) is 17.9 Å². The second kappa shape index (κ2) is 8.46. The van der Waals surface area contributed by atoms with Crippen LogP contribution < -0.4 is 10.6 Å². The van der Waals surface area contributed by atoms with Crippen LogP contribution in [0.4, 0.5) is 0 Å². The molecular formula is C22H21N5O2S. The molecule has 7 nitrogen and oxygen atoms in total. The van der Waals surface area contributed by atoms with E-state index >= 15 is 0 Å². The van der Waals surface area contributed by atoms with Gasteiger partial charge in [-0.3, -0.25) is 14.7 Å². The van der Waals surface area contributed by atoms with Crippen molar-refractivity contribution in [1.29, 1.82) is 0 Å². The van der Waals surface area contributed by atoms with Crippen molar-refractivity contribution in [2.24, 2.45) is 0 Å². The van der Waals surface area contributed by atoms with Gasteiger partial charge in [0.05, 0.1) is 16.8 Å². The summed E-state index contributed by atoms with van der Waals surface area (Å²) in [5.41, 5.74) is 3.15. The van der Waals surface area contributed by atoms with E-state index in [4.69, 9.17) is 0 Å². The molecule has 0 radical (unpaired) electrons. The number of nitrogens with zero attached hydrogens (tertiary/aromatic N) is 2. The number of hydrogen-bond acceptors (Lipinski definition) is 5. The normalized spacial score (nSPS) is 11.0. The lowest BCUT2D eigenvalue weighted by molar-refractivity contribution is 0.0940. The second-order valence-corrected chi connectivity index (χ2v) is 8.23. The molecule has 0 spiro atoms. The predicted octanol–water partition coefficient (Wildman–Crippen LogP) is 3.75. The van der Waals surface area contributed by atoms with Gasteiger partial charge >= 0.3 is 0 Å². The molecular weight excluding hydrogens is 398 g/mol. The fourth-order valence-electron chi connectivity index (χ4n) is 3.02. The first-order valence-electron chi connectivity index (χ1n) is 9.57. The zero-order chi connectivity index (χ0) is 21.1. The average Bonchev–Trinajstić information content (AvgIpc) is 3.41. The standard InChI is InChI=1S/C22H21N5O2S/c1-13(2)26-20(28)15-5-3-4-14(8-15)10-23-21(29)19-9-16-6-7-18(27-22(16)30-19)17-11-24-25-12-17/h3-9,11-13H,10H2,1-2H3,(H,23,29)(H,24,25)(H,26,28). The summed E-state index contributed by atoms with van der Waals surface area (Å²) < 4.78 is 0. The topological polar surface area (TPSA) is 99.8 Å². The first-order chi connectivity index (χ1) is 14.5. The van der Waals surface area contributed by atoms with Gasteiger partial charge in [-0.25, -0.2) is 4.98 Å². The molecule has 30 heavy (non-hydrogen) atoms. The third-order valence-electron chi connectivity index (χ3n) is 4.46. The van der Waals surface area contributed by atoms with E-state index < -0.39 is 0 Å². The lowest BCUT2D eigenvalue weighted by atomic mass is 10.1. The molecule has 152 valence electrons. The third-order valence-corrected chi connectivity index (χ3v) is 5.51. The number of thiophene rings is 1. The minimum Gasteiger partial charge on any atom is -0.350 e. The van der Waals surface area contributed by atoms with Gasteiger partial charge < -0.3 is 10.6 Å². The monoisotopic (exact) mass is 419 g/mol. The largest absolute Gasteiger partial charge is 0.350 e. The average molecular weight is 420 g/mol. The predicted molar refractivity (Wildman–Crippen MR) is 117 cm³/mol. The number of benzene rings is 1. The minimum absolute atomic E-state index is 0.0662. The third kappa shape index (κ3) is 4.38. The Morgan fingerprint density at radius 3 is 2.77 bits per heavy atom. The maximum Gasteiger partial charge on any atom is 0.261 e. The molecule has 0 aliphatic rings. The number of carbonyl (C=O) groups is 2. The highest BCUT2D eigenvalue weighted by molar-refractivity contribution is 7.20. The van der Waals surface area contributed by atoms with Crippen molar-refractivity contribution < 1.29 is 9.59 Å². The van der Waals surface area contributed by atoms with Gasteiger partial charge in [0.25, 0.3) is 11.8 Å². The smallest absolute Gasteiger partial charge is 0.261 e. The Hall–Kier alpha value is -3.52. The molecule has 4 rings (SSSR count). The fraction of sp³-hybridized carbons (Fsp3) is 0.182. The fourth-order valence-corrected chi connectivity index (χ4v) is 3.97. The zero-order valence-electron chi connectivity index (χ0n) is 16.6. The van der Waals surface area contributed by atoms with Crippen LogP contribution in [0.15, 0.2) is 54.9 Å². The number of fused-ring (bicyclic) bond motifs is 1. The zero-order valence-corrected chi connectivity index (χ0v) is 17.4. The number of nitrogens with one attached hydrogen (secondary N) is 3. The van der Waals surface area contributed by atoms with Crippen molar-refractivity contribution in [3.63, 3.8) is 0 Å². The van der Waals surface area contributed by atoms with E-state index in [0.29, 0.717) is 17.0 Å². The molecule has 0 saturated heterocycles. The summed E-state index contributed by atoms with van der Waals surface area (Å²) in [5, 5.41) is 13.4. The molecule has 0 aliphatic carbocycles. The Labute approximate surface area is 177 Å². The van der Waals surface area contributed by atoms with Gasteiger partial charge in [0.1, 0.15) is 4.83 Å². The van der Waals surface area contributed by atoms with Crippen LogP contribution >= 0.6 is 11.3 Å². The summed E-state index contributed by atoms with van der Waals surface area (Å²) in [6.07, 6.45) is 3.50. The van der Waals surface area contributed by atoms with E-state index in [1.54, 1.807) is 24.5 Å². The lowest BCUT2D eigenvalue weighted by Gasteiger charge is -2.10. The molecule has 0 atom stereocenters. The Bertz CT molecular complexity index is 1200. The van der Waals surface area contributed by atoms with Gasteiger partial charge in [-0.2, -0.15) is 5.10 Å². The van der Waals surface area contributed by atoms with Crippen molar-refractivity contribution in [2.45, 2.75) is 26.4 Å². The number of hydrogen-bond donors (Lipinski definition) is 3. The molecule has 1 aromatic carbocycles. The molecule has 0 unspecified atom stereocenters. The highest BCUT2D eigenvalue weighted by Crippen LogP contribution is 2.27. The van der Waals surface area contributed by atoms with Gasteiger partial charge in [0, 0.05) is 35.3 Å². The van der Waals surface area contributed by atoms with E-state index in [1.807, 2.05) is 44.2 Å². The minimum atomic E-state index is -0.167. The van der Waals surface area contributed by atoms with Crippen molar-refractivity contribution in [2.75, 3.05) is 0 Å². The number of carbonyl (C=O) groups excluding carboxylic acids is 2. The number of rotatable bonds is 6. The van der Waals surface area contributed by atoms with Crippen molar-refractivity contribution in [1.82, 2.24) is 25.8 Å². The van der Waals surface area contributed by atoms with Gasteiger partial charge in [0.2, 0.25) is 0 Å². The second-order valence-electron chi connectivity index (χ2n) is 7.20. The van der Waals surface area contributed by atoms with Crippen LogP contribution in [0.3, 0.4) is 0 Å². The number of aromatic amines is 1. The molecule has 0 fully saturated rings. The van der Waals surface area contributed by atoms with Gasteiger partial charge in [-0.1, -0.05) is 12.1 Å². The highest BCUT2D eigenvalue weighted by atomic mass is 32.1. The van der Waals surface area contributed by atoms with Crippen LogP contribution in [0.2, 0.25) is 0 Å². The quantitative estimate of drug-likeness (QED) is 0.443. The van der Waals surface area contributed by atoms with Crippen LogP contribution in [-0.4, -0.2) is 33.0 Å². The van der Waals surface area contributed by atoms with Crippen LogP contribution in [0.1, 0.15) is 39.4 Å². The summed E-state index contributed by atoms with van der Waals surface area (Å²) >= 11 is 1.35. The van der Waals surface area contributed by atoms with Crippen LogP contribution in [-0.2, 0) is 6.54 Å². The number of H-pyrrole nitrogens is 1. The summed E-state index contributed by atoms with van der Waals surface area (Å²) in [5.74, 6) is -0.290. The molecule has 0 bridgehead atoms. The van der Waals surface area contributed by atoms with Crippen molar-refractivity contribution in [3.05, 3.63) is 70.9 Å². The van der Waals surface area contributed by atoms with E-state index in [9.17, 15) is 9.59 Å². The Morgan fingerprint density at radius 1 is 1.13 bits per heavy atom. The molecule has 0 aliphatic heterocycles. The van der Waals surface area contributed by atoms with Crippen LogP contribution in [0.25, 0.3) is 21.5 Å². The van der Waals surface area contributed by atoms with Gasteiger partial charge in [0.15, 0.2) is 0 Å². The van der Waals surface area contributed by atoms with E-state index in [0.717, 1.165) is 27.0 Å². The Kier molecular flexibility index (Phi) is 5.58. The Morgan fingerprint density at radius 2 is 2.00 bits per heavy atom. The van der Waals surface area contributed by atoms with Gasteiger partial charge in [-0.15, -0.1) is 11.3 Å². The number of pyridine rings is 1. The summed E-state index contributed by atoms with van der Waals surface area (Å²) in [6.45, 7) is 4.17. The SMILES string of the molecule is CC(C)NC(=O)c1cccc(CNC(=O)c2cc3ccc(-c4cn[nH]c4)nc3s2)c1. The number of amides is 2. The maximum absolute atomic E-state index is 12.6.